The predicted molar refractivity (Wildman–Crippen MR) is 74.0 cm³/mol. The summed E-state index contributed by atoms with van der Waals surface area (Å²) in [5, 5.41) is 11.8. The van der Waals surface area contributed by atoms with E-state index in [0.717, 1.165) is 0 Å². The van der Waals surface area contributed by atoms with Gasteiger partial charge >= 0.3 is 0 Å². The maximum absolute atomic E-state index is 12.3. The number of nitrogens with one attached hydrogen (secondary N) is 1. The van der Waals surface area contributed by atoms with E-state index in [4.69, 9.17) is 14.6 Å². The maximum Gasteiger partial charge on any atom is 0.180 e. The van der Waals surface area contributed by atoms with Gasteiger partial charge in [-0.15, -0.1) is 0 Å². The van der Waals surface area contributed by atoms with Crippen molar-refractivity contribution in [2.45, 2.75) is 17.4 Å². The van der Waals surface area contributed by atoms with Crippen LogP contribution in [0.1, 0.15) is 6.42 Å². The molecular formula is C13H19NO5S. The number of ether oxygens (including phenoxy) is 2. The van der Waals surface area contributed by atoms with E-state index in [1.54, 1.807) is 13.1 Å². The van der Waals surface area contributed by atoms with E-state index in [2.05, 4.69) is 5.32 Å². The molecule has 1 aliphatic heterocycles. The highest BCUT2D eigenvalue weighted by Crippen LogP contribution is 2.32. The van der Waals surface area contributed by atoms with Crippen molar-refractivity contribution < 1.29 is 23.0 Å². The van der Waals surface area contributed by atoms with Gasteiger partial charge in [0.15, 0.2) is 21.3 Å². The zero-order valence-corrected chi connectivity index (χ0v) is 12.1. The van der Waals surface area contributed by atoms with E-state index in [1.165, 1.54) is 12.1 Å². The first-order valence-electron chi connectivity index (χ1n) is 6.47. The molecule has 0 saturated carbocycles. The fourth-order valence-corrected chi connectivity index (χ4v) is 3.66. The summed E-state index contributed by atoms with van der Waals surface area (Å²) in [6.45, 7) is 0.833. The molecular weight excluding hydrogens is 282 g/mol. The fourth-order valence-electron chi connectivity index (χ4n) is 2.05. The molecule has 112 valence electrons. The second-order valence-corrected chi connectivity index (χ2v) is 6.62. The van der Waals surface area contributed by atoms with Crippen LogP contribution in [0, 0.1) is 0 Å². The number of sulfone groups is 1. The van der Waals surface area contributed by atoms with Crippen molar-refractivity contribution in [1.82, 2.24) is 5.32 Å². The Hall–Kier alpha value is -1.31. The van der Waals surface area contributed by atoms with Crippen molar-refractivity contribution >= 4 is 9.84 Å². The van der Waals surface area contributed by atoms with E-state index in [0.29, 0.717) is 31.1 Å². The predicted octanol–water partition coefficient (Wildman–Crippen LogP) is 0.202. The van der Waals surface area contributed by atoms with Crippen LogP contribution in [0.15, 0.2) is 23.1 Å². The molecule has 2 rings (SSSR count). The van der Waals surface area contributed by atoms with Crippen molar-refractivity contribution in [3.63, 3.8) is 0 Å². The third kappa shape index (κ3) is 3.41. The number of benzene rings is 1. The van der Waals surface area contributed by atoms with Gasteiger partial charge in [0.05, 0.1) is 10.6 Å². The minimum absolute atomic E-state index is 0.0534. The fraction of sp³-hybridized carbons (Fsp3) is 0.538. The van der Waals surface area contributed by atoms with Gasteiger partial charge in [0.25, 0.3) is 0 Å². The van der Waals surface area contributed by atoms with Crippen molar-refractivity contribution in [1.29, 1.82) is 0 Å². The van der Waals surface area contributed by atoms with E-state index in [1.807, 2.05) is 0 Å². The third-order valence-corrected chi connectivity index (χ3v) is 4.99. The Balaban J connectivity index is 2.20. The molecule has 2 N–H and O–H groups in total. The molecule has 0 saturated heterocycles. The third-order valence-electron chi connectivity index (χ3n) is 3.18. The number of aliphatic hydroxyl groups excluding tert-OH is 1. The zero-order valence-electron chi connectivity index (χ0n) is 11.3. The van der Waals surface area contributed by atoms with Crippen molar-refractivity contribution in [2.24, 2.45) is 0 Å². The minimum atomic E-state index is -3.44. The van der Waals surface area contributed by atoms with Gasteiger partial charge in [-0.05, 0) is 25.6 Å². The summed E-state index contributed by atoms with van der Waals surface area (Å²) in [6.07, 6.45) is 0.389. The van der Waals surface area contributed by atoms with Gasteiger partial charge in [-0.1, -0.05) is 0 Å². The summed E-state index contributed by atoms with van der Waals surface area (Å²) in [7, 11) is -1.76. The van der Waals surface area contributed by atoms with Gasteiger partial charge in [-0.2, -0.15) is 0 Å². The summed E-state index contributed by atoms with van der Waals surface area (Å²) in [5.41, 5.74) is 0. The second-order valence-electron chi connectivity index (χ2n) is 4.58. The average molecular weight is 301 g/mol. The summed E-state index contributed by atoms with van der Waals surface area (Å²) >= 11 is 0. The molecule has 1 aromatic rings. The molecule has 6 nitrogen and oxygen atoms in total. The first-order chi connectivity index (χ1) is 9.56. The van der Waals surface area contributed by atoms with Crippen LogP contribution in [0.25, 0.3) is 0 Å². The normalized spacial score (nSPS) is 15.9. The topological polar surface area (TPSA) is 84.9 Å². The van der Waals surface area contributed by atoms with E-state index in [-0.39, 0.29) is 23.3 Å². The SMILES string of the molecule is CNC(CCO)CS(=O)(=O)c1ccc2c(c1)OCCO2. The first-order valence-corrected chi connectivity index (χ1v) is 8.12. The maximum atomic E-state index is 12.3. The van der Waals surface area contributed by atoms with Crippen LogP contribution in [0.3, 0.4) is 0 Å². The van der Waals surface area contributed by atoms with Crippen LogP contribution >= 0.6 is 0 Å². The highest BCUT2D eigenvalue weighted by Gasteiger charge is 2.22. The molecule has 1 atom stereocenters. The van der Waals surface area contributed by atoms with Gasteiger partial charge in [-0.25, -0.2) is 8.42 Å². The number of aliphatic hydroxyl groups is 1. The van der Waals surface area contributed by atoms with Crippen LogP contribution < -0.4 is 14.8 Å². The van der Waals surface area contributed by atoms with Crippen molar-refractivity contribution in [2.75, 3.05) is 32.6 Å². The Kier molecular flexibility index (Phi) is 4.85. The van der Waals surface area contributed by atoms with Gasteiger partial charge < -0.3 is 19.9 Å². The first kappa shape index (κ1) is 15.1. The lowest BCUT2D eigenvalue weighted by Gasteiger charge is -2.20. The molecule has 20 heavy (non-hydrogen) atoms. The monoisotopic (exact) mass is 301 g/mol. The lowest BCUT2D eigenvalue weighted by molar-refractivity contribution is 0.171. The Morgan fingerprint density at radius 2 is 2.00 bits per heavy atom. The smallest absolute Gasteiger partial charge is 0.180 e. The molecule has 1 unspecified atom stereocenters. The molecule has 1 aromatic carbocycles. The van der Waals surface area contributed by atoms with Gasteiger partial charge in [0.2, 0.25) is 0 Å². The minimum Gasteiger partial charge on any atom is -0.486 e. The molecule has 0 aromatic heterocycles. The average Bonchev–Trinajstić information content (AvgIpc) is 2.46. The van der Waals surface area contributed by atoms with Gasteiger partial charge in [0, 0.05) is 18.7 Å². The highest BCUT2D eigenvalue weighted by molar-refractivity contribution is 7.91. The van der Waals surface area contributed by atoms with Gasteiger partial charge in [0.1, 0.15) is 13.2 Å². The molecule has 0 fully saturated rings. The molecule has 0 amide bonds. The molecule has 1 aliphatic rings. The lowest BCUT2D eigenvalue weighted by atomic mass is 10.2. The van der Waals surface area contributed by atoms with Crippen LogP contribution in [0.5, 0.6) is 11.5 Å². The van der Waals surface area contributed by atoms with Crippen molar-refractivity contribution in [3.05, 3.63) is 18.2 Å². The lowest BCUT2D eigenvalue weighted by Crippen LogP contribution is -2.34. The Bertz CT molecular complexity index is 558. The van der Waals surface area contributed by atoms with Crippen LogP contribution in [0.4, 0.5) is 0 Å². The molecule has 0 radical (unpaired) electrons. The Morgan fingerprint density at radius 3 is 2.65 bits per heavy atom. The molecule has 0 bridgehead atoms. The zero-order chi connectivity index (χ0) is 14.6. The summed E-state index contributed by atoms with van der Waals surface area (Å²) in [4.78, 5) is 0.208. The van der Waals surface area contributed by atoms with E-state index < -0.39 is 9.84 Å². The van der Waals surface area contributed by atoms with E-state index in [9.17, 15) is 8.42 Å². The Labute approximate surface area is 118 Å². The molecule has 7 heteroatoms. The number of fused-ring (bicyclic) bond motifs is 1. The highest BCUT2D eigenvalue weighted by atomic mass is 32.2. The largest absolute Gasteiger partial charge is 0.486 e. The quantitative estimate of drug-likeness (QED) is 0.781. The van der Waals surface area contributed by atoms with Crippen LogP contribution in [0.2, 0.25) is 0 Å². The molecule has 1 heterocycles. The summed E-state index contributed by atoms with van der Waals surface area (Å²) in [6, 6.07) is 4.35. The molecule has 0 aliphatic carbocycles. The van der Waals surface area contributed by atoms with Crippen LogP contribution in [-0.4, -0.2) is 52.2 Å². The van der Waals surface area contributed by atoms with Crippen molar-refractivity contribution in [3.8, 4) is 11.5 Å². The van der Waals surface area contributed by atoms with Crippen LogP contribution in [-0.2, 0) is 9.84 Å². The summed E-state index contributed by atoms with van der Waals surface area (Å²) < 4.78 is 35.4. The standard InChI is InChI=1S/C13H19NO5S/c1-14-10(4-5-15)9-20(16,17)11-2-3-12-13(8-11)19-7-6-18-12/h2-3,8,10,14-15H,4-7,9H2,1H3. The van der Waals surface area contributed by atoms with Gasteiger partial charge in [-0.3, -0.25) is 0 Å². The summed E-state index contributed by atoms with van der Waals surface area (Å²) in [5.74, 6) is 0.959. The van der Waals surface area contributed by atoms with E-state index >= 15 is 0 Å². The molecule has 0 spiro atoms. The second kappa shape index (κ2) is 6.43. The number of hydrogen-bond acceptors (Lipinski definition) is 6. The number of hydrogen-bond donors (Lipinski definition) is 2. The number of rotatable bonds is 6. The Morgan fingerprint density at radius 1 is 1.30 bits per heavy atom.